The van der Waals surface area contributed by atoms with Crippen LogP contribution in [0.5, 0.6) is 0 Å². The Morgan fingerprint density at radius 3 is 0.821 bits per heavy atom. The van der Waals surface area contributed by atoms with E-state index in [9.17, 15) is 20.1 Å². The third-order valence-electron chi connectivity index (χ3n) is 14.9. The number of aliphatic hydroxyl groups excluding tert-OH is 3. The van der Waals surface area contributed by atoms with Crippen molar-refractivity contribution in [1.82, 2.24) is 5.32 Å². The van der Waals surface area contributed by atoms with Gasteiger partial charge >= 0.3 is 0 Å². The molecule has 400 valence electrons. The maximum absolute atomic E-state index is 12.6. The molecule has 0 heterocycles. The zero-order valence-corrected chi connectivity index (χ0v) is 45.8. The van der Waals surface area contributed by atoms with Gasteiger partial charge in [-0.05, 0) is 38.5 Å². The van der Waals surface area contributed by atoms with Gasteiger partial charge in [0, 0.05) is 0 Å². The predicted molar refractivity (Wildman–Crippen MR) is 296 cm³/mol. The van der Waals surface area contributed by atoms with Gasteiger partial charge in [-0.3, -0.25) is 4.79 Å². The highest BCUT2D eigenvalue weighted by Crippen LogP contribution is 2.19. The number of hydrogen-bond donors (Lipinski definition) is 4. The SMILES string of the molecule is CCCCCCCCCCCCCCCCCC/C=C\CCCCCCCCCCCCCCCCCCC(O)C(=O)NC(CO)C(O)CCCCCCCCCCCCCCCCCCC. The van der Waals surface area contributed by atoms with Crippen molar-refractivity contribution in [2.24, 2.45) is 0 Å². The first-order valence-corrected chi connectivity index (χ1v) is 31.0. The second kappa shape index (κ2) is 57.7. The number of carbonyl (C=O) groups is 1. The molecule has 1 amide bonds. The molecule has 0 aromatic rings. The quantitative estimate of drug-likeness (QED) is 0.0361. The van der Waals surface area contributed by atoms with Crippen LogP contribution in [0.4, 0.5) is 0 Å². The Labute approximate surface area is 420 Å². The van der Waals surface area contributed by atoms with Gasteiger partial charge in [0.2, 0.25) is 5.91 Å². The molecule has 5 nitrogen and oxygen atoms in total. The van der Waals surface area contributed by atoms with Crippen molar-refractivity contribution in [2.45, 2.75) is 372 Å². The highest BCUT2D eigenvalue weighted by molar-refractivity contribution is 5.80. The van der Waals surface area contributed by atoms with E-state index in [0.29, 0.717) is 12.8 Å². The summed E-state index contributed by atoms with van der Waals surface area (Å²) < 4.78 is 0. The summed E-state index contributed by atoms with van der Waals surface area (Å²) in [7, 11) is 0. The summed E-state index contributed by atoms with van der Waals surface area (Å²) in [6.45, 7) is 4.27. The molecular weight excluding hydrogens is 823 g/mol. The van der Waals surface area contributed by atoms with Crippen LogP contribution in [-0.2, 0) is 4.79 Å². The number of carbonyl (C=O) groups excluding carboxylic acids is 1. The molecule has 3 atom stereocenters. The van der Waals surface area contributed by atoms with Crippen LogP contribution in [0.3, 0.4) is 0 Å². The lowest BCUT2D eigenvalue weighted by molar-refractivity contribution is -0.131. The van der Waals surface area contributed by atoms with E-state index < -0.39 is 24.2 Å². The minimum absolute atomic E-state index is 0.309. The summed E-state index contributed by atoms with van der Waals surface area (Å²) >= 11 is 0. The fourth-order valence-corrected chi connectivity index (χ4v) is 10.1. The van der Waals surface area contributed by atoms with Crippen LogP contribution in [0, 0.1) is 0 Å². The second-order valence-corrected chi connectivity index (χ2v) is 21.6. The van der Waals surface area contributed by atoms with Crippen LogP contribution in [0.15, 0.2) is 12.2 Å². The first-order valence-electron chi connectivity index (χ1n) is 31.0. The maximum Gasteiger partial charge on any atom is 0.249 e. The van der Waals surface area contributed by atoms with Gasteiger partial charge in [0.25, 0.3) is 0 Å². The molecule has 0 aromatic heterocycles. The van der Waals surface area contributed by atoms with E-state index in [-0.39, 0.29) is 6.61 Å². The second-order valence-electron chi connectivity index (χ2n) is 21.6. The summed E-state index contributed by atoms with van der Waals surface area (Å²) in [6, 6.07) is -0.709. The minimum atomic E-state index is -1.07. The Bertz CT molecular complexity index is 956. The van der Waals surface area contributed by atoms with E-state index in [0.717, 1.165) is 32.1 Å². The van der Waals surface area contributed by atoms with E-state index in [4.69, 9.17) is 0 Å². The molecule has 4 N–H and O–H groups in total. The number of allylic oxidation sites excluding steroid dienone is 2. The van der Waals surface area contributed by atoms with Gasteiger partial charge < -0.3 is 20.6 Å². The molecular formula is C62H123NO4. The molecule has 0 bridgehead atoms. The normalized spacial score (nSPS) is 13.2. The van der Waals surface area contributed by atoms with Crippen molar-refractivity contribution >= 4 is 5.91 Å². The van der Waals surface area contributed by atoms with Gasteiger partial charge in [0.1, 0.15) is 6.10 Å². The fourth-order valence-electron chi connectivity index (χ4n) is 10.1. The summed E-state index contributed by atoms with van der Waals surface area (Å²) in [4.78, 5) is 12.6. The van der Waals surface area contributed by atoms with Gasteiger partial charge in [0.05, 0.1) is 18.8 Å². The van der Waals surface area contributed by atoms with Crippen LogP contribution in [0.1, 0.15) is 354 Å². The Morgan fingerprint density at radius 1 is 0.343 bits per heavy atom. The first kappa shape index (κ1) is 66.1. The molecule has 0 saturated carbocycles. The predicted octanol–water partition coefficient (Wildman–Crippen LogP) is 19.5. The number of aliphatic hydroxyl groups is 3. The molecule has 0 spiro atoms. The Hall–Kier alpha value is -0.910. The standard InChI is InChI=1S/C62H123NO4/c1-3-5-7-9-11-13-15-17-19-21-22-23-24-25-26-27-28-29-30-31-32-33-34-35-36-37-38-39-41-43-45-47-49-51-53-55-57-61(66)62(67)63-59(58-64)60(65)56-54-52-50-48-46-44-42-40-20-18-16-14-12-10-8-6-4-2/h29-30,59-61,64-66H,3-28,31-58H2,1-2H3,(H,63,67)/b30-29-. The lowest BCUT2D eigenvalue weighted by atomic mass is 10.0. The van der Waals surface area contributed by atoms with Gasteiger partial charge in [-0.15, -0.1) is 0 Å². The van der Waals surface area contributed by atoms with Gasteiger partial charge in [-0.25, -0.2) is 0 Å². The molecule has 0 saturated heterocycles. The third kappa shape index (κ3) is 52.7. The summed E-state index contributed by atoms with van der Waals surface area (Å²) in [5.74, 6) is -0.463. The van der Waals surface area contributed by atoms with Crippen LogP contribution in [0.2, 0.25) is 0 Å². The van der Waals surface area contributed by atoms with Crippen molar-refractivity contribution in [1.29, 1.82) is 0 Å². The lowest BCUT2D eigenvalue weighted by Gasteiger charge is -2.23. The zero-order chi connectivity index (χ0) is 48.6. The van der Waals surface area contributed by atoms with E-state index in [1.54, 1.807) is 0 Å². The van der Waals surface area contributed by atoms with Crippen LogP contribution in [-0.4, -0.2) is 46.1 Å². The van der Waals surface area contributed by atoms with Crippen molar-refractivity contribution in [3.8, 4) is 0 Å². The van der Waals surface area contributed by atoms with E-state index in [1.165, 1.54) is 295 Å². The number of amides is 1. The van der Waals surface area contributed by atoms with Crippen molar-refractivity contribution in [2.75, 3.05) is 6.61 Å². The largest absolute Gasteiger partial charge is 0.394 e. The van der Waals surface area contributed by atoms with E-state index in [2.05, 4.69) is 31.3 Å². The van der Waals surface area contributed by atoms with Crippen molar-refractivity contribution < 1.29 is 20.1 Å². The van der Waals surface area contributed by atoms with Gasteiger partial charge in [-0.1, -0.05) is 328 Å². The molecule has 67 heavy (non-hydrogen) atoms. The van der Waals surface area contributed by atoms with E-state index >= 15 is 0 Å². The smallest absolute Gasteiger partial charge is 0.249 e. The molecule has 5 heteroatoms. The Morgan fingerprint density at radius 2 is 0.567 bits per heavy atom. The molecule has 0 aliphatic carbocycles. The number of rotatable bonds is 58. The average molecular weight is 947 g/mol. The van der Waals surface area contributed by atoms with Crippen molar-refractivity contribution in [3.05, 3.63) is 12.2 Å². The highest BCUT2D eigenvalue weighted by atomic mass is 16.3. The summed E-state index contributed by atoms with van der Waals surface area (Å²) in [5.41, 5.74) is 0. The first-order chi connectivity index (χ1) is 33.1. The lowest BCUT2D eigenvalue weighted by Crippen LogP contribution is -2.49. The zero-order valence-electron chi connectivity index (χ0n) is 45.8. The molecule has 3 unspecified atom stereocenters. The van der Waals surface area contributed by atoms with Crippen LogP contribution >= 0.6 is 0 Å². The molecule has 0 aliphatic rings. The van der Waals surface area contributed by atoms with E-state index in [1.807, 2.05) is 0 Å². The van der Waals surface area contributed by atoms with Gasteiger partial charge in [-0.2, -0.15) is 0 Å². The number of nitrogens with one attached hydrogen (secondary N) is 1. The van der Waals surface area contributed by atoms with Crippen molar-refractivity contribution in [3.63, 3.8) is 0 Å². The summed E-state index contributed by atoms with van der Waals surface area (Å²) in [5, 5.41) is 33.6. The Kier molecular flexibility index (Phi) is 56.9. The molecule has 0 rings (SSSR count). The Balaban J connectivity index is 3.44. The van der Waals surface area contributed by atoms with Crippen LogP contribution in [0.25, 0.3) is 0 Å². The summed E-state index contributed by atoms with van der Waals surface area (Å²) in [6.07, 6.45) is 72.9. The minimum Gasteiger partial charge on any atom is -0.394 e. The molecule has 0 fully saturated rings. The molecule has 0 aromatic carbocycles. The third-order valence-corrected chi connectivity index (χ3v) is 14.9. The maximum atomic E-state index is 12.6. The fraction of sp³-hybridized carbons (Fsp3) is 0.952. The van der Waals surface area contributed by atoms with Crippen LogP contribution < -0.4 is 5.32 Å². The monoisotopic (exact) mass is 946 g/mol. The topological polar surface area (TPSA) is 89.8 Å². The van der Waals surface area contributed by atoms with Gasteiger partial charge in [0.15, 0.2) is 0 Å². The molecule has 0 radical (unpaired) electrons. The highest BCUT2D eigenvalue weighted by Gasteiger charge is 2.23. The molecule has 0 aliphatic heterocycles. The average Bonchev–Trinajstić information content (AvgIpc) is 3.33. The number of hydrogen-bond acceptors (Lipinski definition) is 4. The number of unbranched alkanes of at least 4 members (excludes halogenated alkanes) is 48.